The van der Waals surface area contributed by atoms with Crippen LogP contribution in [0.25, 0.3) is 0 Å². The number of hydrogen-bond acceptors (Lipinski definition) is 6. The van der Waals surface area contributed by atoms with Gasteiger partial charge in [-0.3, -0.25) is 4.79 Å². The molecule has 0 saturated heterocycles. The van der Waals surface area contributed by atoms with E-state index in [0.29, 0.717) is 32.8 Å². The van der Waals surface area contributed by atoms with Crippen LogP contribution in [-0.4, -0.2) is 25.8 Å². The predicted molar refractivity (Wildman–Crippen MR) is 125 cm³/mol. The lowest BCUT2D eigenvalue weighted by Gasteiger charge is -2.12. The number of para-hydroxylation sites is 1. The van der Waals surface area contributed by atoms with Gasteiger partial charge >= 0.3 is 0 Å². The Kier molecular flexibility index (Phi) is 8.23. The van der Waals surface area contributed by atoms with Crippen molar-refractivity contribution in [2.24, 2.45) is 5.16 Å². The van der Waals surface area contributed by atoms with Gasteiger partial charge in [0.15, 0.2) is 18.1 Å². The number of amides is 1. The van der Waals surface area contributed by atoms with E-state index in [1.807, 2.05) is 30.3 Å². The number of nitrogens with zero attached hydrogens (tertiary/aromatic N) is 2. The topological polar surface area (TPSA) is 92.9 Å². The number of hydrogen-bond donors (Lipinski definition) is 1. The van der Waals surface area contributed by atoms with Crippen LogP contribution in [0.4, 0.5) is 5.69 Å². The van der Waals surface area contributed by atoms with E-state index in [2.05, 4.69) is 32.5 Å². The second kappa shape index (κ2) is 11.5. The predicted octanol–water partition coefficient (Wildman–Crippen LogP) is 4.90. The fourth-order valence-electron chi connectivity index (χ4n) is 2.74. The number of halogens is 1. The quantitative estimate of drug-likeness (QED) is 0.338. The number of oxime groups is 1. The first-order valence-electron chi connectivity index (χ1n) is 9.59. The molecule has 0 aromatic heterocycles. The van der Waals surface area contributed by atoms with E-state index >= 15 is 0 Å². The zero-order chi connectivity index (χ0) is 22.8. The fraction of sp³-hybridized carbons (Fsp3) is 0.125. The third kappa shape index (κ3) is 6.33. The van der Waals surface area contributed by atoms with Crippen LogP contribution < -0.4 is 14.8 Å². The Morgan fingerprint density at radius 1 is 1.12 bits per heavy atom. The van der Waals surface area contributed by atoms with Crippen LogP contribution in [0, 0.1) is 11.3 Å². The zero-order valence-electron chi connectivity index (χ0n) is 17.2. The molecule has 3 aromatic carbocycles. The van der Waals surface area contributed by atoms with Gasteiger partial charge in [0.2, 0.25) is 0 Å². The van der Waals surface area contributed by atoms with Crippen molar-refractivity contribution in [3.8, 4) is 17.6 Å². The number of anilines is 1. The molecule has 0 heterocycles. The van der Waals surface area contributed by atoms with Crippen molar-refractivity contribution in [2.75, 3.05) is 19.0 Å². The zero-order valence-corrected chi connectivity index (χ0v) is 18.8. The second-order valence-electron chi connectivity index (χ2n) is 6.50. The number of ether oxygens (including phenoxy) is 2. The maximum atomic E-state index is 12.1. The summed E-state index contributed by atoms with van der Waals surface area (Å²) in [5.41, 5.74) is 2.68. The van der Waals surface area contributed by atoms with Gasteiger partial charge in [-0.1, -0.05) is 41.6 Å². The van der Waals surface area contributed by atoms with Crippen LogP contribution in [0.2, 0.25) is 0 Å². The Balaban J connectivity index is 1.61. The van der Waals surface area contributed by atoms with Gasteiger partial charge in [0, 0.05) is 21.3 Å². The third-order valence-corrected chi connectivity index (χ3v) is 5.01. The maximum Gasteiger partial charge on any atom is 0.262 e. The maximum absolute atomic E-state index is 12.1. The monoisotopic (exact) mass is 493 g/mol. The molecule has 3 aromatic rings. The van der Waals surface area contributed by atoms with Gasteiger partial charge < -0.3 is 19.6 Å². The van der Waals surface area contributed by atoms with Gasteiger partial charge in [0.1, 0.15) is 6.61 Å². The minimum absolute atomic E-state index is 0.173. The molecule has 0 atom stereocenters. The first-order valence-corrected chi connectivity index (χ1v) is 10.4. The van der Waals surface area contributed by atoms with Gasteiger partial charge in [0.25, 0.3) is 5.91 Å². The first kappa shape index (κ1) is 22.8. The highest BCUT2D eigenvalue weighted by Crippen LogP contribution is 2.33. The first-order chi connectivity index (χ1) is 15.6. The van der Waals surface area contributed by atoms with Gasteiger partial charge in [-0.15, -0.1) is 0 Å². The Bertz CT molecular complexity index is 1140. The normalized spacial score (nSPS) is 10.4. The molecule has 0 spiro atoms. The highest BCUT2D eigenvalue weighted by atomic mass is 79.9. The summed E-state index contributed by atoms with van der Waals surface area (Å²) in [7, 11) is 1.51. The lowest BCUT2D eigenvalue weighted by molar-refractivity contribution is -0.118. The Labute approximate surface area is 194 Å². The van der Waals surface area contributed by atoms with Gasteiger partial charge in [-0.25, -0.2) is 0 Å². The molecular weight excluding hydrogens is 474 g/mol. The summed E-state index contributed by atoms with van der Waals surface area (Å²) >= 11 is 3.47. The minimum Gasteiger partial charge on any atom is -0.493 e. The number of nitriles is 1. The molecule has 3 rings (SSSR count). The molecule has 1 amide bonds. The van der Waals surface area contributed by atoms with Crippen LogP contribution in [-0.2, 0) is 16.2 Å². The summed E-state index contributed by atoms with van der Waals surface area (Å²) in [5.74, 6) is 0.562. The van der Waals surface area contributed by atoms with E-state index in [9.17, 15) is 4.79 Å². The second-order valence-corrected chi connectivity index (χ2v) is 7.36. The van der Waals surface area contributed by atoms with Crippen molar-refractivity contribution < 1.29 is 19.1 Å². The van der Waals surface area contributed by atoms with Gasteiger partial charge in [-0.2, -0.15) is 5.26 Å². The summed E-state index contributed by atoms with van der Waals surface area (Å²) < 4.78 is 11.7. The molecule has 8 heteroatoms. The lowest BCUT2D eigenvalue weighted by Crippen LogP contribution is -2.20. The minimum atomic E-state index is -0.286. The number of carbonyl (C=O) groups is 1. The SMILES string of the molecule is COc1cc(/C=N\OCc2ccccc2C#N)c(Br)cc1OCC(=O)Nc1ccccc1. The summed E-state index contributed by atoms with van der Waals surface area (Å²) in [5, 5.41) is 15.9. The van der Waals surface area contributed by atoms with Crippen molar-refractivity contribution >= 4 is 33.7 Å². The largest absolute Gasteiger partial charge is 0.493 e. The Morgan fingerprint density at radius 3 is 2.62 bits per heavy atom. The smallest absolute Gasteiger partial charge is 0.262 e. The molecule has 0 saturated carbocycles. The molecule has 32 heavy (non-hydrogen) atoms. The van der Waals surface area contributed by atoms with Gasteiger partial charge in [-0.05, 0) is 46.3 Å². The van der Waals surface area contributed by atoms with Crippen LogP contribution in [0.1, 0.15) is 16.7 Å². The van der Waals surface area contributed by atoms with Crippen LogP contribution >= 0.6 is 15.9 Å². The fourth-order valence-corrected chi connectivity index (χ4v) is 3.16. The lowest BCUT2D eigenvalue weighted by atomic mass is 10.1. The molecular formula is C24H20BrN3O4. The summed E-state index contributed by atoms with van der Waals surface area (Å²) in [6, 6.07) is 21.8. The Morgan fingerprint density at radius 2 is 1.88 bits per heavy atom. The van der Waals surface area contributed by atoms with Crippen molar-refractivity contribution in [3.63, 3.8) is 0 Å². The number of methoxy groups -OCH3 is 1. The van der Waals surface area contributed by atoms with E-state index in [1.165, 1.54) is 13.3 Å². The summed E-state index contributed by atoms with van der Waals surface area (Å²) in [6.45, 7) is -0.000743. The van der Waals surface area contributed by atoms with E-state index in [-0.39, 0.29) is 19.1 Å². The molecule has 162 valence electrons. The number of rotatable bonds is 9. The average molecular weight is 494 g/mol. The van der Waals surface area contributed by atoms with Gasteiger partial charge in [0.05, 0.1) is 25.0 Å². The number of nitrogens with one attached hydrogen (secondary N) is 1. The highest BCUT2D eigenvalue weighted by Gasteiger charge is 2.12. The van der Waals surface area contributed by atoms with Crippen molar-refractivity contribution in [2.45, 2.75) is 6.61 Å². The van der Waals surface area contributed by atoms with Crippen LogP contribution in [0.3, 0.4) is 0 Å². The van der Waals surface area contributed by atoms with Crippen LogP contribution in [0.15, 0.2) is 76.4 Å². The average Bonchev–Trinajstić information content (AvgIpc) is 2.82. The van der Waals surface area contributed by atoms with E-state index < -0.39 is 0 Å². The Hall–Kier alpha value is -3.83. The molecule has 0 aliphatic carbocycles. The van der Waals surface area contributed by atoms with E-state index in [4.69, 9.17) is 19.6 Å². The summed E-state index contributed by atoms with van der Waals surface area (Å²) in [6.07, 6.45) is 1.52. The highest BCUT2D eigenvalue weighted by molar-refractivity contribution is 9.10. The number of benzene rings is 3. The van der Waals surface area contributed by atoms with Crippen molar-refractivity contribution in [1.29, 1.82) is 5.26 Å². The third-order valence-electron chi connectivity index (χ3n) is 4.32. The molecule has 0 aliphatic heterocycles. The van der Waals surface area contributed by atoms with E-state index in [1.54, 1.807) is 36.4 Å². The standard InChI is InChI=1S/C24H20BrN3O4/c1-30-22-11-19(14-27-32-15-18-8-6-5-7-17(18)13-26)21(25)12-23(22)31-16-24(29)28-20-9-3-2-4-10-20/h2-12,14H,15-16H2,1H3,(H,28,29)/b27-14-. The molecule has 0 radical (unpaired) electrons. The molecule has 0 bridgehead atoms. The molecule has 1 N–H and O–H groups in total. The number of carbonyl (C=O) groups excluding carboxylic acids is 1. The van der Waals surface area contributed by atoms with Crippen LogP contribution in [0.5, 0.6) is 11.5 Å². The molecule has 0 unspecified atom stereocenters. The van der Waals surface area contributed by atoms with Crippen molar-refractivity contribution in [1.82, 2.24) is 0 Å². The van der Waals surface area contributed by atoms with E-state index in [0.717, 1.165) is 5.56 Å². The summed E-state index contributed by atoms with van der Waals surface area (Å²) in [4.78, 5) is 17.5. The van der Waals surface area contributed by atoms with Crippen molar-refractivity contribution in [3.05, 3.63) is 87.9 Å². The molecule has 7 nitrogen and oxygen atoms in total. The molecule has 0 fully saturated rings. The molecule has 0 aliphatic rings.